The van der Waals surface area contributed by atoms with Crippen molar-refractivity contribution in [1.29, 1.82) is 0 Å². The molecule has 0 saturated carbocycles. The summed E-state index contributed by atoms with van der Waals surface area (Å²) >= 11 is 0. The van der Waals surface area contributed by atoms with Gasteiger partial charge in [0.25, 0.3) is 0 Å². The van der Waals surface area contributed by atoms with Gasteiger partial charge in [0.15, 0.2) is 0 Å². The van der Waals surface area contributed by atoms with Crippen molar-refractivity contribution in [2.45, 2.75) is 64.6 Å². The molecule has 4 nitrogen and oxygen atoms in total. The summed E-state index contributed by atoms with van der Waals surface area (Å²) in [6.07, 6.45) is 4.44. The Morgan fingerprint density at radius 1 is 1.50 bits per heavy atom. The molecule has 2 N–H and O–H groups in total. The van der Waals surface area contributed by atoms with Gasteiger partial charge in [0, 0.05) is 18.6 Å². The average molecular weight is 255 g/mol. The lowest BCUT2D eigenvalue weighted by Gasteiger charge is -2.36. The van der Waals surface area contributed by atoms with Gasteiger partial charge < -0.3 is 15.5 Å². The van der Waals surface area contributed by atoms with Crippen molar-refractivity contribution >= 4 is 5.91 Å². The summed E-state index contributed by atoms with van der Waals surface area (Å²) in [6.45, 7) is 8.26. The molecule has 0 aromatic rings. The molecule has 0 radical (unpaired) electrons. The van der Waals surface area contributed by atoms with Crippen molar-refractivity contribution in [1.82, 2.24) is 15.5 Å². The Morgan fingerprint density at radius 3 is 2.83 bits per heavy atom. The molecule has 1 rings (SSSR count). The number of carbonyl (C=O) groups is 1. The summed E-state index contributed by atoms with van der Waals surface area (Å²) in [6, 6.07) is 0.997. The van der Waals surface area contributed by atoms with Crippen LogP contribution in [0.2, 0.25) is 0 Å². The molecule has 3 atom stereocenters. The van der Waals surface area contributed by atoms with Gasteiger partial charge in [-0.25, -0.2) is 0 Å². The fourth-order valence-corrected chi connectivity index (χ4v) is 2.41. The van der Waals surface area contributed by atoms with E-state index >= 15 is 0 Å². The monoisotopic (exact) mass is 255 g/mol. The molecule has 0 aliphatic carbocycles. The molecule has 1 saturated heterocycles. The zero-order valence-corrected chi connectivity index (χ0v) is 12.3. The van der Waals surface area contributed by atoms with Gasteiger partial charge in [0.05, 0.1) is 6.04 Å². The number of nitrogens with one attached hydrogen (secondary N) is 2. The standard InChI is InChI=1S/C14H29N3O/c1-5-6-8-15-14(18)12(3)16-13-7-9-17(4)11(2)10-13/h11-13,16H,5-10H2,1-4H3,(H,15,18). The first kappa shape index (κ1) is 15.4. The van der Waals surface area contributed by atoms with Gasteiger partial charge >= 0.3 is 0 Å². The van der Waals surface area contributed by atoms with E-state index in [2.05, 4.69) is 36.4 Å². The van der Waals surface area contributed by atoms with Crippen LogP contribution in [0.15, 0.2) is 0 Å². The predicted octanol–water partition coefficient (Wildman–Crippen LogP) is 1.36. The van der Waals surface area contributed by atoms with Crippen molar-refractivity contribution in [2.75, 3.05) is 20.1 Å². The molecular formula is C14H29N3O. The van der Waals surface area contributed by atoms with Crippen LogP contribution in [-0.2, 0) is 4.79 Å². The molecule has 0 bridgehead atoms. The number of likely N-dealkylation sites (tertiary alicyclic amines) is 1. The number of rotatable bonds is 6. The van der Waals surface area contributed by atoms with E-state index in [1.165, 1.54) is 0 Å². The van der Waals surface area contributed by atoms with Crippen LogP contribution in [0.4, 0.5) is 0 Å². The van der Waals surface area contributed by atoms with Gasteiger partial charge in [0.1, 0.15) is 0 Å². The summed E-state index contributed by atoms with van der Waals surface area (Å²) in [5.41, 5.74) is 0. The van der Waals surface area contributed by atoms with Gasteiger partial charge in [-0.05, 0) is 46.7 Å². The van der Waals surface area contributed by atoms with Crippen molar-refractivity contribution < 1.29 is 4.79 Å². The van der Waals surface area contributed by atoms with E-state index in [1.54, 1.807) is 0 Å². The molecular weight excluding hydrogens is 226 g/mol. The molecule has 1 aliphatic heterocycles. The van der Waals surface area contributed by atoms with Gasteiger partial charge in [-0.3, -0.25) is 4.79 Å². The highest BCUT2D eigenvalue weighted by Gasteiger charge is 2.25. The maximum atomic E-state index is 11.9. The van der Waals surface area contributed by atoms with E-state index in [0.717, 1.165) is 38.8 Å². The topological polar surface area (TPSA) is 44.4 Å². The molecule has 106 valence electrons. The van der Waals surface area contributed by atoms with Gasteiger partial charge in [-0.1, -0.05) is 13.3 Å². The predicted molar refractivity (Wildman–Crippen MR) is 75.6 cm³/mol. The molecule has 18 heavy (non-hydrogen) atoms. The van der Waals surface area contributed by atoms with Crippen molar-refractivity contribution in [3.63, 3.8) is 0 Å². The van der Waals surface area contributed by atoms with E-state index in [-0.39, 0.29) is 11.9 Å². The molecule has 0 aromatic carbocycles. The highest BCUT2D eigenvalue weighted by Crippen LogP contribution is 2.15. The van der Waals surface area contributed by atoms with Crippen LogP contribution in [-0.4, -0.2) is 49.1 Å². The minimum Gasteiger partial charge on any atom is -0.355 e. The van der Waals surface area contributed by atoms with Crippen LogP contribution in [0.3, 0.4) is 0 Å². The number of hydrogen-bond acceptors (Lipinski definition) is 3. The number of amides is 1. The molecule has 1 amide bonds. The fraction of sp³-hybridized carbons (Fsp3) is 0.929. The van der Waals surface area contributed by atoms with Gasteiger partial charge in [0.2, 0.25) is 5.91 Å². The molecule has 1 aliphatic rings. The first-order valence-electron chi connectivity index (χ1n) is 7.28. The average Bonchev–Trinajstić information content (AvgIpc) is 2.34. The van der Waals surface area contributed by atoms with E-state index in [1.807, 2.05) is 6.92 Å². The molecule has 1 heterocycles. The van der Waals surface area contributed by atoms with E-state index in [9.17, 15) is 4.79 Å². The van der Waals surface area contributed by atoms with Crippen molar-refractivity contribution in [3.8, 4) is 0 Å². The Kier molecular flexibility index (Phi) is 6.65. The second-order valence-corrected chi connectivity index (χ2v) is 5.58. The second-order valence-electron chi connectivity index (χ2n) is 5.58. The summed E-state index contributed by atoms with van der Waals surface area (Å²) in [5.74, 6) is 0.134. The molecule has 4 heteroatoms. The van der Waals surface area contributed by atoms with Gasteiger partial charge in [-0.2, -0.15) is 0 Å². The molecule has 3 unspecified atom stereocenters. The third-order valence-corrected chi connectivity index (χ3v) is 3.92. The third kappa shape index (κ3) is 4.94. The Hall–Kier alpha value is -0.610. The summed E-state index contributed by atoms with van der Waals surface area (Å²) in [5, 5.41) is 6.44. The van der Waals surface area contributed by atoms with Crippen molar-refractivity contribution in [3.05, 3.63) is 0 Å². The molecule has 1 fully saturated rings. The Labute approximate surface area is 111 Å². The fourth-order valence-electron chi connectivity index (χ4n) is 2.41. The number of piperidine rings is 1. The third-order valence-electron chi connectivity index (χ3n) is 3.92. The normalized spacial score (nSPS) is 26.9. The lowest BCUT2D eigenvalue weighted by atomic mass is 9.98. The van der Waals surface area contributed by atoms with E-state index in [4.69, 9.17) is 0 Å². The summed E-state index contributed by atoms with van der Waals surface area (Å²) in [4.78, 5) is 14.2. The Balaban J connectivity index is 2.26. The van der Waals surface area contributed by atoms with E-state index in [0.29, 0.717) is 12.1 Å². The largest absolute Gasteiger partial charge is 0.355 e. The maximum absolute atomic E-state index is 11.9. The number of nitrogens with zero attached hydrogens (tertiary/aromatic N) is 1. The first-order chi connectivity index (χ1) is 8.54. The van der Waals surface area contributed by atoms with Crippen LogP contribution in [0.5, 0.6) is 0 Å². The quantitative estimate of drug-likeness (QED) is 0.705. The smallest absolute Gasteiger partial charge is 0.236 e. The zero-order valence-electron chi connectivity index (χ0n) is 12.3. The minimum atomic E-state index is -0.0811. The summed E-state index contributed by atoms with van der Waals surface area (Å²) < 4.78 is 0. The van der Waals surface area contributed by atoms with E-state index < -0.39 is 0 Å². The van der Waals surface area contributed by atoms with Crippen LogP contribution in [0, 0.1) is 0 Å². The number of hydrogen-bond donors (Lipinski definition) is 2. The zero-order chi connectivity index (χ0) is 13.5. The second kappa shape index (κ2) is 7.74. The Morgan fingerprint density at radius 2 is 2.22 bits per heavy atom. The highest BCUT2D eigenvalue weighted by atomic mass is 16.2. The van der Waals surface area contributed by atoms with Crippen LogP contribution < -0.4 is 10.6 Å². The maximum Gasteiger partial charge on any atom is 0.236 e. The molecule has 0 spiro atoms. The van der Waals surface area contributed by atoms with Crippen LogP contribution >= 0.6 is 0 Å². The lowest BCUT2D eigenvalue weighted by Crippen LogP contribution is -2.52. The first-order valence-corrected chi connectivity index (χ1v) is 7.28. The highest BCUT2D eigenvalue weighted by molar-refractivity contribution is 5.81. The number of unbranched alkanes of at least 4 members (excludes halogenated alkanes) is 1. The van der Waals surface area contributed by atoms with Crippen molar-refractivity contribution in [2.24, 2.45) is 0 Å². The van der Waals surface area contributed by atoms with Crippen LogP contribution in [0.25, 0.3) is 0 Å². The van der Waals surface area contributed by atoms with Crippen LogP contribution in [0.1, 0.15) is 46.5 Å². The summed E-state index contributed by atoms with van der Waals surface area (Å²) in [7, 11) is 2.17. The molecule has 0 aromatic heterocycles. The number of carbonyl (C=O) groups excluding carboxylic acids is 1. The van der Waals surface area contributed by atoms with Gasteiger partial charge in [-0.15, -0.1) is 0 Å². The Bertz CT molecular complexity index is 257. The lowest BCUT2D eigenvalue weighted by molar-refractivity contribution is -0.123. The SMILES string of the molecule is CCCCNC(=O)C(C)NC1CCN(C)C(C)C1. The minimum absolute atomic E-state index is 0.0811.